The van der Waals surface area contributed by atoms with Crippen molar-refractivity contribution in [2.75, 3.05) is 26.4 Å². The highest BCUT2D eigenvalue weighted by Gasteiger charge is 2.28. The number of rotatable bonds is 55. The van der Waals surface area contributed by atoms with Gasteiger partial charge < -0.3 is 24.2 Å². The summed E-state index contributed by atoms with van der Waals surface area (Å²) in [6.07, 6.45) is 62.8. The topological polar surface area (TPSA) is 155 Å². The van der Waals surface area contributed by atoms with Crippen LogP contribution in [0.3, 0.4) is 0 Å². The minimum absolute atomic E-state index is 0.135. The largest absolute Gasteiger partial charge is 0.472 e. The maximum atomic E-state index is 12.9. The number of carbonyl (C=O) groups is 3. The monoisotopic (exact) mass is 1060 g/mol. The molecule has 11 nitrogen and oxygen atoms in total. The van der Waals surface area contributed by atoms with E-state index in [0.29, 0.717) is 19.3 Å². The fourth-order valence-electron chi connectivity index (χ4n) is 8.09. The molecule has 12 heteroatoms. The SMILES string of the molecule is CC/C=C\C/C=C\C/C=C\C/C=C\CCCCCCC(=O)OC(COC(=O)CCCCCCC/C=C\C/C=C\CCC)COP(=O)(O)OCC(CO)OC(=O)CCCCCCCCCCCCCCCCCCC. The number of hydrogen-bond donors (Lipinski definition) is 2. The molecule has 0 saturated carbocycles. The Balaban J connectivity index is 4.71. The lowest BCUT2D eigenvalue weighted by atomic mass is 10.0. The molecule has 0 saturated heterocycles. The third kappa shape index (κ3) is 53.7. The van der Waals surface area contributed by atoms with E-state index in [-0.39, 0.29) is 25.9 Å². The second-order valence-electron chi connectivity index (χ2n) is 19.8. The number of hydrogen-bond acceptors (Lipinski definition) is 10. The molecular formula is C62H109O11P. The lowest BCUT2D eigenvalue weighted by Gasteiger charge is -2.21. The van der Waals surface area contributed by atoms with Gasteiger partial charge in [0.05, 0.1) is 19.8 Å². The molecule has 428 valence electrons. The Morgan fingerprint density at radius 1 is 0.392 bits per heavy atom. The highest BCUT2D eigenvalue weighted by Crippen LogP contribution is 2.43. The molecule has 0 radical (unpaired) electrons. The summed E-state index contributed by atoms with van der Waals surface area (Å²) in [5.41, 5.74) is 0. The number of ether oxygens (including phenoxy) is 3. The number of phosphoric acid groups is 1. The first-order chi connectivity index (χ1) is 36.2. The van der Waals surface area contributed by atoms with Gasteiger partial charge in [0.15, 0.2) is 6.10 Å². The van der Waals surface area contributed by atoms with Gasteiger partial charge in [-0.15, -0.1) is 0 Å². The van der Waals surface area contributed by atoms with Gasteiger partial charge in [-0.2, -0.15) is 0 Å². The third-order valence-corrected chi connectivity index (χ3v) is 13.5. The van der Waals surface area contributed by atoms with Crippen molar-refractivity contribution in [1.82, 2.24) is 0 Å². The van der Waals surface area contributed by atoms with E-state index in [9.17, 15) is 28.9 Å². The highest BCUT2D eigenvalue weighted by atomic mass is 31.2. The number of aliphatic hydroxyl groups excluding tert-OH is 1. The Bertz CT molecular complexity index is 1520. The molecule has 0 fully saturated rings. The molecule has 3 unspecified atom stereocenters. The summed E-state index contributed by atoms with van der Waals surface area (Å²) in [6.45, 7) is 4.45. The summed E-state index contributed by atoms with van der Waals surface area (Å²) in [7, 11) is -4.76. The summed E-state index contributed by atoms with van der Waals surface area (Å²) in [5, 5.41) is 9.83. The molecule has 0 aromatic carbocycles. The first-order valence-corrected chi connectivity index (χ1v) is 31.3. The molecule has 0 aliphatic heterocycles. The van der Waals surface area contributed by atoms with Crippen LogP contribution in [0.15, 0.2) is 72.9 Å². The zero-order chi connectivity index (χ0) is 54.1. The Labute approximate surface area is 452 Å². The maximum Gasteiger partial charge on any atom is 0.472 e. The minimum atomic E-state index is -4.76. The van der Waals surface area contributed by atoms with Gasteiger partial charge in [0, 0.05) is 19.3 Å². The van der Waals surface area contributed by atoms with E-state index in [1.807, 2.05) is 0 Å². The molecule has 0 heterocycles. The average Bonchev–Trinajstić information content (AvgIpc) is 3.39. The Morgan fingerprint density at radius 2 is 0.730 bits per heavy atom. The van der Waals surface area contributed by atoms with E-state index < -0.39 is 57.8 Å². The van der Waals surface area contributed by atoms with Gasteiger partial charge in [0.1, 0.15) is 12.7 Å². The van der Waals surface area contributed by atoms with Crippen molar-refractivity contribution in [2.24, 2.45) is 0 Å². The van der Waals surface area contributed by atoms with Crippen LogP contribution < -0.4 is 0 Å². The molecule has 74 heavy (non-hydrogen) atoms. The third-order valence-electron chi connectivity index (χ3n) is 12.6. The average molecular weight is 1060 g/mol. The van der Waals surface area contributed by atoms with Crippen LogP contribution >= 0.6 is 7.82 Å². The predicted octanol–water partition coefficient (Wildman–Crippen LogP) is 17.7. The van der Waals surface area contributed by atoms with Crippen molar-refractivity contribution in [2.45, 2.75) is 277 Å². The van der Waals surface area contributed by atoms with Crippen molar-refractivity contribution in [3.05, 3.63) is 72.9 Å². The fourth-order valence-corrected chi connectivity index (χ4v) is 8.88. The molecular weight excluding hydrogens is 952 g/mol. The summed E-state index contributed by atoms with van der Waals surface area (Å²) < 4.78 is 39.5. The number of phosphoric ester groups is 1. The zero-order valence-electron chi connectivity index (χ0n) is 47.3. The van der Waals surface area contributed by atoms with Crippen molar-refractivity contribution in [1.29, 1.82) is 0 Å². The van der Waals surface area contributed by atoms with Crippen molar-refractivity contribution in [3.63, 3.8) is 0 Å². The number of aliphatic hydroxyl groups is 1. The van der Waals surface area contributed by atoms with Gasteiger partial charge in [-0.3, -0.25) is 23.4 Å². The molecule has 2 N–H and O–H groups in total. The van der Waals surface area contributed by atoms with Crippen LogP contribution in [0.2, 0.25) is 0 Å². The molecule has 0 aliphatic carbocycles. The van der Waals surface area contributed by atoms with E-state index in [1.165, 1.54) is 89.9 Å². The zero-order valence-corrected chi connectivity index (χ0v) is 48.2. The molecule has 3 atom stereocenters. The number of carbonyl (C=O) groups excluding carboxylic acids is 3. The van der Waals surface area contributed by atoms with Crippen LogP contribution in [0.1, 0.15) is 265 Å². The smallest absolute Gasteiger partial charge is 0.462 e. The first kappa shape index (κ1) is 70.9. The van der Waals surface area contributed by atoms with E-state index in [0.717, 1.165) is 116 Å². The number of esters is 3. The van der Waals surface area contributed by atoms with Gasteiger partial charge in [0.25, 0.3) is 0 Å². The summed E-state index contributed by atoms with van der Waals surface area (Å²) in [5.74, 6) is -1.50. The number of unbranched alkanes of at least 4 members (excludes halogenated alkanes) is 26. The summed E-state index contributed by atoms with van der Waals surface area (Å²) in [4.78, 5) is 48.6. The predicted molar refractivity (Wildman–Crippen MR) is 307 cm³/mol. The standard InChI is InChI=1S/C62H109O11P/c1-4-7-10-13-16-19-22-25-27-29-31-34-37-40-43-46-49-52-61(65)72-58(54-63)56-70-74(67,68)71-57-59(55-69-60(64)51-48-45-42-39-36-33-24-21-18-15-12-9-6-3)73-62(66)53-50-47-44-41-38-35-32-30-28-26-23-20-17-14-11-8-5-2/h8,11-12,15,17,20-21,24,26,28,32,35,58-59,63H,4-7,9-10,13-14,16,18-19,22-23,25,27,29-31,33-34,36-57H2,1-3H3,(H,67,68)/b11-8-,15-12-,20-17-,24-21-,28-26-,35-32-. The van der Waals surface area contributed by atoms with Crippen LogP contribution in [-0.4, -0.2) is 66.5 Å². The van der Waals surface area contributed by atoms with Gasteiger partial charge >= 0.3 is 25.7 Å². The minimum Gasteiger partial charge on any atom is -0.462 e. The molecule has 0 spiro atoms. The van der Waals surface area contributed by atoms with Gasteiger partial charge in [-0.1, -0.05) is 235 Å². The molecule has 0 aromatic rings. The van der Waals surface area contributed by atoms with E-state index in [1.54, 1.807) is 0 Å². The fraction of sp³-hybridized carbons (Fsp3) is 0.758. The van der Waals surface area contributed by atoms with Crippen molar-refractivity contribution in [3.8, 4) is 0 Å². The molecule has 0 amide bonds. The van der Waals surface area contributed by atoms with Gasteiger partial charge in [-0.05, 0) is 83.5 Å². The van der Waals surface area contributed by atoms with E-state index in [2.05, 4.69) is 93.7 Å². The second kappa shape index (κ2) is 56.1. The van der Waals surface area contributed by atoms with Crippen LogP contribution in [0.25, 0.3) is 0 Å². The van der Waals surface area contributed by atoms with Gasteiger partial charge in [-0.25, -0.2) is 4.57 Å². The summed E-state index contributed by atoms with van der Waals surface area (Å²) >= 11 is 0. The van der Waals surface area contributed by atoms with Crippen LogP contribution in [-0.2, 0) is 42.2 Å². The van der Waals surface area contributed by atoms with Crippen molar-refractivity contribution < 1.29 is 52.2 Å². The van der Waals surface area contributed by atoms with Crippen LogP contribution in [0, 0.1) is 0 Å². The first-order valence-electron chi connectivity index (χ1n) is 29.8. The molecule has 0 bridgehead atoms. The Kier molecular flexibility index (Phi) is 53.8. The van der Waals surface area contributed by atoms with Crippen molar-refractivity contribution >= 4 is 25.7 Å². The van der Waals surface area contributed by atoms with E-state index in [4.69, 9.17) is 23.3 Å². The number of allylic oxidation sites excluding steroid dienone is 12. The normalized spacial score (nSPS) is 13.9. The quantitative estimate of drug-likeness (QED) is 0.0197. The molecule has 0 aliphatic rings. The molecule has 0 rings (SSSR count). The van der Waals surface area contributed by atoms with Crippen LogP contribution in [0.5, 0.6) is 0 Å². The van der Waals surface area contributed by atoms with Crippen LogP contribution in [0.4, 0.5) is 0 Å². The van der Waals surface area contributed by atoms with Gasteiger partial charge in [0.2, 0.25) is 0 Å². The van der Waals surface area contributed by atoms with E-state index >= 15 is 0 Å². The second-order valence-corrected chi connectivity index (χ2v) is 21.2. The highest BCUT2D eigenvalue weighted by molar-refractivity contribution is 7.47. The lowest BCUT2D eigenvalue weighted by Crippen LogP contribution is -2.30. The molecule has 0 aromatic heterocycles. The lowest BCUT2D eigenvalue weighted by molar-refractivity contribution is -0.161. The Hall–Kier alpha value is -3.08. The Morgan fingerprint density at radius 3 is 1.14 bits per heavy atom. The summed E-state index contributed by atoms with van der Waals surface area (Å²) in [6, 6.07) is 0. The maximum absolute atomic E-state index is 12.9.